The first-order valence-electron chi connectivity index (χ1n) is 5.20. The molecule has 0 saturated carbocycles. The van der Waals surface area contributed by atoms with Crippen molar-refractivity contribution in [3.05, 3.63) is 23.8 Å². The molecule has 0 aromatic heterocycles. The van der Waals surface area contributed by atoms with Crippen molar-refractivity contribution in [3.8, 4) is 11.5 Å². The Morgan fingerprint density at radius 1 is 1.33 bits per heavy atom. The van der Waals surface area contributed by atoms with Crippen LogP contribution in [0.4, 0.5) is 0 Å². The zero-order valence-electron chi connectivity index (χ0n) is 9.62. The Morgan fingerprint density at radius 2 is 2.00 bits per heavy atom. The van der Waals surface area contributed by atoms with E-state index in [2.05, 4.69) is 0 Å². The zero-order valence-corrected chi connectivity index (χ0v) is 10.4. The standard InChI is InChI=1S/C11H12O6S/c1-16-9-3-2-7(11(12)13)4-10(9)17-8-5-18(14,15)6-8/h2-4,8H,5-6H2,1H3,(H,12,13). The molecule has 0 amide bonds. The topological polar surface area (TPSA) is 89.9 Å². The molecule has 1 aromatic carbocycles. The SMILES string of the molecule is COc1ccc(C(=O)O)cc1OC1CS(=O)(=O)C1. The monoisotopic (exact) mass is 272 g/mol. The fraction of sp³-hybridized carbons (Fsp3) is 0.364. The number of ether oxygens (including phenoxy) is 2. The van der Waals surface area contributed by atoms with Crippen LogP contribution in [0.5, 0.6) is 11.5 Å². The Morgan fingerprint density at radius 3 is 2.50 bits per heavy atom. The van der Waals surface area contributed by atoms with Gasteiger partial charge in [0.05, 0.1) is 24.2 Å². The molecule has 0 unspecified atom stereocenters. The van der Waals surface area contributed by atoms with Gasteiger partial charge in [0, 0.05) is 0 Å². The minimum Gasteiger partial charge on any atom is -0.493 e. The molecule has 7 heteroatoms. The lowest BCUT2D eigenvalue weighted by atomic mass is 10.2. The Hall–Kier alpha value is -1.76. The van der Waals surface area contributed by atoms with Gasteiger partial charge in [-0.15, -0.1) is 0 Å². The quantitative estimate of drug-likeness (QED) is 0.861. The van der Waals surface area contributed by atoms with Crippen LogP contribution in [0.3, 0.4) is 0 Å². The number of carboxylic acids is 1. The first kappa shape index (κ1) is 12.7. The van der Waals surface area contributed by atoms with Gasteiger partial charge in [-0.05, 0) is 18.2 Å². The van der Waals surface area contributed by atoms with Crippen molar-refractivity contribution in [2.45, 2.75) is 6.10 Å². The highest BCUT2D eigenvalue weighted by molar-refractivity contribution is 7.92. The molecule has 98 valence electrons. The Bertz CT molecular complexity index is 565. The molecule has 0 atom stereocenters. The van der Waals surface area contributed by atoms with Crippen LogP contribution in [0.15, 0.2) is 18.2 Å². The van der Waals surface area contributed by atoms with Crippen LogP contribution in [0.25, 0.3) is 0 Å². The summed E-state index contributed by atoms with van der Waals surface area (Å²) in [5, 5.41) is 8.87. The van der Waals surface area contributed by atoms with Crippen LogP contribution >= 0.6 is 0 Å². The normalized spacial score (nSPS) is 17.8. The van der Waals surface area contributed by atoms with Gasteiger partial charge in [-0.3, -0.25) is 0 Å². The molecule has 1 heterocycles. The summed E-state index contributed by atoms with van der Waals surface area (Å²) in [5.74, 6) is -0.550. The number of benzene rings is 1. The highest BCUT2D eigenvalue weighted by atomic mass is 32.2. The van der Waals surface area contributed by atoms with Crippen molar-refractivity contribution in [2.75, 3.05) is 18.6 Å². The van der Waals surface area contributed by atoms with E-state index in [0.29, 0.717) is 5.75 Å². The molecule has 0 bridgehead atoms. The number of sulfone groups is 1. The highest BCUT2D eigenvalue weighted by Crippen LogP contribution is 2.31. The number of hydrogen-bond donors (Lipinski definition) is 1. The van der Waals surface area contributed by atoms with E-state index in [1.54, 1.807) is 0 Å². The maximum absolute atomic E-state index is 11.0. The zero-order chi connectivity index (χ0) is 13.3. The lowest BCUT2D eigenvalue weighted by Crippen LogP contribution is -2.45. The van der Waals surface area contributed by atoms with Crippen LogP contribution in [-0.4, -0.2) is 44.2 Å². The predicted octanol–water partition coefficient (Wildman–Crippen LogP) is 0.569. The van der Waals surface area contributed by atoms with Crippen LogP contribution < -0.4 is 9.47 Å². The second-order valence-electron chi connectivity index (χ2n) is 3.99. The first-order chi connectivity index (χ1) is 8.41. The molecule has 1 aromatic rings. The highest BCUT2D eigenvalue weighted by Gasteiger charge is 2.35. The minimum absolute atomic E-state index is 0.0482. The van der Waals surface area contributed by atoms with Crippen molar-refractivity contribution < 1.29 is 27.8 Å². The van der Waals surface area contributed by atoms with Gasteiger partial charge in [0.25, 0.3) is 0 Å². The van der Waals surface area contributed by atoms with Gasteiger partial charge < -0.3 is 14.6 Å². The number of carbonyl (C=O) groups is 1. The molecule has 1 N–H and O–H groups in total. The van der Waals surface area contributed by atoms with Crippen LogP contribution in [0.2, 0.25) is 0 Å². The number of aromatic carboxylic acids is 1. The van der Waals surface area contributed by atoms with Gasteiger partial charge in [0.15, 0.2) is 21.3 Å². The van der Waals surface area contributed by atoms with Gasteiger partial charge in [-0.25, -0.2) is 13.2 Å². The smallest absolute Gasteiger partial charge is 0.335 e. The van der Waals surface area contributed by atoms with Gasteiger partial charge in [0.1, 0.15) is 6.10 Å². The predicted molar refractivity (Wildman–Crippen MR) is 63.0 cm³/mol. The third-order valence-corrected chi connectivity index (χ3v) is 4.34. The number of methoxy groups -OCH3 is 1. The van der Waals surface area contributed by atoms with E-state index in [1.807, 2.05) is 0 Å². The fourth-order valence-corrected chi connectivity index (χ4v) is 2.84. The number of hydrogen-bond acceptors (Lipinski definition) is 5. The Balaban J connectivity index is 2.20. The number of carboxylic acid groups (broad SMARTS) is 1. The molecule has 0 radical (unpaired) electrons. The Kier molecular flexibility index (Phi) is 3.16. The Labute approximate surface area is 104 Å². The fourth-order valence-electron chi connectivity index (χ4n) is 1.67. The summed E-state index contributed by atoms with van der Waals surface area (Å²) in [6.45, 7) is 0. The second kappa shape index (κ2) is 4.49. The summed E-state index contributed by atoms with van der Waals surface area (Å²) in [5.41, 5.74) is 0.0629. The maximum atomic E-state index is 11.0. The number of rotatable bonds is 4. The van der Waals surface area contributed by atoms with Gasteiger partial charge in [0.2, 0.25) is 0 Å². The van der Waals surface area contributed by atoms with Gasteiger partial charge in [-0.2, -0.15) is 0 Å². The molecular weight excluding hydrogens is 260 g/mol. The van der Waals surface area contributed by atoms with Crippen molar-refractivity contribution in [1.29, 1.82) is 0 Å². The van der Waals surface area contributed by atoms with E-state index in [0.717, 1.165) is 0 Å². The minimum atomic E-state index is -2.98. The maximum Gasteiger partial charge on any atom is 0.335 e. The third-order valence-electron chi connectivity index (χ3n) is 2.58. The second-order valence-corrected chi connectivity index (χ2v) is 6.14. The van der Waals surface area contributed by atoms with E-state index >= 15 is 0 Å². The molecule has 18 heavy (non-hydrogen) atoms. The average molecular weight is 272 g/mol. The summed E-state index contributed by atoms with van der Waals surface area (Å²) in [6, 6.07) is 4.20. The van der Waals surface area contributed by atoms with Gasteiger partial charge >= 0.3 is 5.97 Å². The average Bonchev–Trinajstić information content (AvgIpc) is 2.26. The summed E-state index contributed by atoms with van der Waals surface area (Å²) >= 11 is 0. The molecule has 1 aliphatic heterocycles. The van der Waals surface area contributed by atoms with E-state index in [9.17, 15) is 13.2 Å². The molecular formula is C11H12O6S. The molecule has 1 saturated heterocycles. The molecule has 0 aliphatic carbocycles. The summed E-state index contributed by atoms with van der Waals surface area (Å²) in [4.78, 5) is 10.8. The summed E-state index contributed by atoms with van der Waals surface area (Å²) in [6.07, 6.45) is -0.437. The van der Waals surface area contributed by atoms with E-state index < -0.39 is 21.9 Å². The van der Waals surface area contributed by atoms with E-state index in [1.165, 1.54) is 25.3 Å². The third kappa shape index (κ3) is 2.56. The van der Waals surface area contributed by atoms with Crippen LogP contribution in [0.1, 0.15) is 10.4 Å². The van der Waals surface area contributed by atoms with Crippen molar-refractivity contribution in [1.82, 2.24) is 0 Å². The lowest BCUT2D eigenvalue weighted by Gasteiger charge is -2.27. The molecule has 1 fully saturated rings. The molecule has 6 nitrogen and oxygen atoms in total. The summed E-state index contributed by atoms with van der Waals surface area (Å²) < 4.78 is 32.5. The van der Waals surface area contributed by atoms with Crippen molar-refractivity contribution >= 4 is 15.8 Å². The van der Waals surface area contributed by atoms with Crippen molar-refractivity contribution in [2.24, 2.45) is 0 Å². The van der Waals surface area contributed by atoms with Crippen LogP contribution in [0, 0.1) is 0 Å². The van der Waals surface area contributed by atoms with Crippen LogP contribution in [-0.2, 0) is 9.84 Å². The van der Waals surface area contributed by atoms with Crippen molar-refractivity contribution in [3.63, 3.8) is 0 Å². The summed E-state index contributed by atoms with van der Waals surface area (Å²) in [7, 11) is -1.55. The lowest BCUT2D eigenvalue weighted by molar-refractivity contribution is 0.0696. The van der Waals surface area contributed by atoms with Gasteiger partial charge in [-0.1, -0.05) is 0 Å². The molecule has 2 rings (SSSR count). The van der Waals surface area contributed by atoms with E-state index in [-0.39, 0.29) is 22.8 Å². The molecule has 1 aliphatic rings. The largest absolute Gasteiger partial charge is 0.493 e. The first-order valence-corrected chi connectivity index (χ1v) is 7.02. The molecule has 0 spiro atoms. The van der Waals surface area contributed by atoms with E-state index in [4.69, 9.17) is 14.6 Å².